The van der Waals surface area contributed by atoms with Crippen molar-refractivity contribution in [3.63, 3.8) is 0 Å². The number of rotatable bonds is 5. The maximum atomic E-state index is 14.1. The van der Waals surface area contributed by atoms with Crippen LogP contribution in [0.25, 0.3) is 22.4 Å². The van der Waals surface area contributed by atoms with E-state index in [4.69, 9.17) is 4.74 Å². The average Bonchev–Trinajstić information content (AvgIpc) is 3.26. The smallest absolute Gasteiger partial charge is 0.251 e. The number of halogens is 1. The molecule has 0 aliphatic carbocycles. The zero-order valence-corrected chi connectivity index (χ0v) is 17.2. The van der Waals surface area contributed by atoms with Crippen LogP contribution in [0.15, 0.2) is 85.3 Å². The summed E-state index contributed by atoms with van der Waals surface area (Å²) in [7, 11) is 0. The van der Waals surface area contributed by atoms with E-state index in [2.05, 4.69) is 21.4 Å². The SMILES string of the molecule is O=C(NC[C@H]1Cc2cc(-c3cnccn3)ccc2O1)c1cccc(-c2ccccc2F)c1. The van der Waals surface area contributed by atoms with Gasteiger partial charge in [-0.1, -0.05) is 30.3 Å². The lowest BCUT2D eigenvalue weighted by molar-refractivity contribution is 0.0933. The van der Waals surface area contributed by atoms with Crippen molar-refractivity contribution >= 4 is 5.91 Å². The summed E-state index contributed by atoms with van der Waals surface area (Å²) >= 11 is 0. The Morgan fingerprint density at radius 1 is 1.03 bits per heavy atom. The molecule has 1 aliphatic rings. The summed E-state index contributed by atoms with van der Waals surface area (Å²) in [5.41, 5.74) is 4.48. The molecule has 0 radical (unpaired) electrons. The van der Waals surface area contributed by atoms with Gasteiger partial charge in [0.05, 0.1) is 18.4 Å². The molecule has 1 amide bonds. The molecule has 3 aromatic carbocycles. The first-order valence-electron chi connectivity index (χ1n) is 10.4. The highest BCUT2D eigenvalue weighted by molar-refractivity contribution is 5.95. The molecular formula is C26H20FN3O2. The molecule has 2 heterocycles. The fraction of sp³-hybridized carbons (Fsp3) is 0.115. The molecule has 4 aromatic rings. The number of aromatic nitrogens is 2. The maximum Gasteiger partial charge on any atom is 0.251 e. The van der Waals surface area contributed by atoms with Crippen molar-refractivity contribution in [2.24, 2.45) is 0 Å². The fourth-order valence-corrected chi connectivity index (χ4v) is 3.87. The van der Waals surface area contributed by atoms with Gasteiger partial charge in [-0.3, -0.25) is 14.8 Å². The van der Waals surface area contributed by atoms with Crippen molar-refractivity contribution in [1.82, 2.24) is 15.3 Å². The largest absolute Gasteiger partial charge is 0.488 e. The summed E-state index contributed by atoms with van der Waals surface area (Å²) in [5, 5.41) is 2.94. The second kappa shape index (κ2) is 8.59. The van der Waals surface area contributed by atoms with E-state index < -0.39 is 0 Å². The van der Waals surface area contributed by atoms with E-state index in [9.17, 15) is 9.18 Å². The molecule has 0 bridgehead atoms. The summed E-state index contributed by atoms with van der Waals surface area (Å²) in [5.74, 6) is 0.282. The van der Waals surface area contributed by atoms with E-state index in [0.717, 1.165) is 22.6 Å². The van der Waals surface area contributed by atoms with E-state index in [1.165, 1.54) is 6.07 Å². The number of benzene rings is 3. The van der Waals surface area contributed by atoms with Crippen LogP contribution >= 0.6 is 0 Å². The molecule has 6 heteroatoms. The first kappa shape index (κ1) is 19.9. The van der Waals surface area contributed by atoms with Crippen molar-refractivity contribution in [3.05, 3.63) is 102 Å². The molecule has 0 fully saturated rings. The molecule has 1 N–H and O–H groups in total. The minimum Gasteiger partial charge on any atom is -0.488 e. The van der Waals surface area contributed by atoms with Crippen molar-refractivity contribution in [2.75, 3.05) is 6.54 Å². The normalized spacial score (nSPS) is 14.5. The Labute approximate surface area is 184 Å². The van der Waals surface area contributed by atoms with Crippen LogP contribution in [0.1, 0.15) is 15.9 Å². The fourth-order valence-electron chi connectivity index (χ4n) is 3.87. The highest BCUT2D eigenvalue weighted by Gasteiger charge is 2.24. The highest BCUT2D eigenvalue weighted by atomic mass is 19.1. The molecule has 158 valence electrons. The Bertz CT molecular complexity index is 1280. The van der Waals surface area contributed by atoms with Crippen molar-refractivity contribution in [1.29, 1.82) is 0 Å². The van der Waals surface area contributed by atoms with E-state index in [1.807, 2.05) is 12.1 Å². The van der Waals surface area contributed by atoms with Crippen molar-refractivity contribution < 1.29 is 13.9 Å². The van der Waals surface area contributed by atoms with Gasteiger partial charge in [0.1, 0.15) is 17.7 Å². The summed E-state index contributed by atoms with van der Waals surface area (Å²) < 4.78 is 20.1. The standard InChI is InChI=1S/C26H20FN3O2/c27-23-7-2-1-6-22(23)17-4-3-5-19(12-17)26(31)30-15-21-14-20-13-18(8-9-25(20)32-21)24-16-28-10-11-29-24/h1-13,16,21H,14-15H2,(H,30,31)/t21-/m1/s1. The van der Waals surface area contributed by atoms with Crippen LogP contribution in [-0.4, -0.2) is 28.5 Å². The second-order valence-electron chi connectivity index (χ2n) is 7.63. The zero-order valence-electron chi connectivity index (χ0n) is 17.2. The minimum atomic E-state index is -0.317. The van der Waals surface area contributed by atoms with Gasteiger partial charge in [-0.15, -0.1) is 0 Å². The Morgan fingerprint density at radius 2 is 1.94 bits per heavy atom. The Hall–Kier alpha value is -4.06. The van der Waals surface area contributed by atoms with Gasteiger partial charge in [-0.25, -0.2) is 4.39 Å². The molecule has 5 rings (SSSR count). The van der Waals surface area contributed by atoms with Crippen molar-refractivity contribution in [3.8, 4) is 28.1 Å². The molecule has 1 atom stereocenters. The Kier molecular flexibility index (Phi) is 5.34. The van der Waals surface area contributed by atoms with Gasteiger partial charge in [0.15, 0.2) is 0 Å². The predicted molar refractivity (Wildman–Crippen MR) is 120 cm³/mol. The number of carbonyl (C=O) groups is 1. The maximum absolute atomic E-state index is 14.1. The minimum absolute atomic E-state index is 0.152. The van der Waals surface area contributed by atoms with Crippen LogP contribution in [0, 0.1) is 5.82 Å². The monoisotopic (exact) mass is 425 g/mol. The number of hydrogen-bond acceptors (Lipinski definition) is 4. The molecular weight excluding hydrogens is 405 g/mol. The number of carbonyl (C=O) groups excluding carboxylic acids is 1. The van der Waals surface area contributed by atoms with E-state index >= 15 is 0 Å². The lowest BCUT2D eigenvalue weighted by Crippen LogP contribution is -2.34. The average molecular weight is 425 g/mol. The molecule has 0 saturated heterocycles. The number of hydrogen-bond donors (Lipinski definition) is 1. The molecule has 1 aliphatic heterocycles. The zero-order chi connectivity index (χ0) is 21.9. The third kappa shape index (κ3) is 4.07. The van der Waals surface area contributed by atoms with Gasteiger partial charge in [-0.2, -0.15) is 0 Å². The van der Waals surface area contributed by atoms with Gasteiger partial charge >= 0.3 is 0 Å². The molecule has 0 saturated carbocycles. The first-order valence-corrected chi connectivity index (χ1v) is 10.4. The van der Waals surface area contributed by atoms with Gasteiger partial charge in [0.2, 0.25) is 0 Å². The van der Waals surface area contributed by atoms with Crippen molar-refractivity contribution in [2.45, 2.75) is 12.5 Å². The van der Waals surface area contributed by atoms with Crippen LogP contribution in [0.2, 0.25) is 0 Å². The third-order valence-corrected chi connectivity index (χ3v) is 5.46. The lowest BCUT2D eigenvalue weighted by atomic mass is 10.0. The van der Waals surface area contributed by atoms with Crippen LogP contribution in [0.5, 0.6) is 5.75 Å². The highest BCUT2D eigenvalue weighted by Crippen LogP contribution is 2.32. The number of amides is 1. The van der Waals surface area contributed by atoms with Gasteiger partial charge in [-0.05, 0) is 47.5 Å². The molecule has 0 unspecified atom stereocenters. The summed E-state index contributed by atoms with van der Waals surface area (Å²) in [6, 6.07) is 19.4. The molecule has 0 spiro atoms. The molecule has 1 aromatic heterocycles. The number of ether oxygens (including phenoxy) is 1. The van der Waals surface area contributed by atoms with E-state index in [0.29, 0.717) is 29.7 Å². The first-order chi connectivity index (χ1) is 15.7. The summed E-state index contributed by atoms with van der Waals surface area (Å²) in [4.78, 5) is 21.2. The van der Waals surface area contributed by atoms with E-state index in [1.54, 1.807) is 61.1 Å². The van der Waals surface area contributed by atoms with Gasteiger partial charge in [0, 0.05) is 35.5 Å². The number of fused-ring (bicyclic) bond motifs is 1. The van der Waals surface area contributed by atoms with Gasteiger partial charge in [0.25, 0.3) is 5.91 Å². The number of nitrogens with one attached hydrogen (secondary N) is 1. The molecule has 32 heavy (non-hydrogen) atoms. The second-order valence-corrected chi connectivity index (χ2v) is 7.63. The van der Waals surface area contributed by atoms with Crippen LogP contribution in [-0.2, 0) is 6.42 Å². The summed E-state index contributed by atoms with van der Waals surface area (Å²) in [6.45, 7) is 0.373. The summed E-state index contributed by atoms with van der Waals surface area (Å²) in [6.07, 6.45) is 5.58. The molecule has 5 nitrogen and oxygen atoms in total. The van der Waals surface area contributed by atoms with Crippen LogP contribution in [0.4, 0.5) is 4.39 Å². The quantitative estimate of drug-likeness (QED) is 0.504. The lowest BCUT2D eigenvalue weighted by Gasteiger charge is -2.12. The Morgan fingerprint density at radius 3 is 2.78 bits per heavy atom. The van der Waals surface area contributed by atoms with Gasteiger partial charge < -0.3 is 10.1 Å². The topological polar surface area (TPSA) is 64.1 Å². The Balaban J connectivity index is 1.24. The van der Waals surface area contributed by atoms with Crippen LogP contribution < -0.4 is 10.1 Å². The number of nitrogens with zero attached hydrogens (tertiary/aromatic N) is 2. The van der Waals surface area contributed by atoms with E-state index in [-0.39, 0.29) is 17.8 Å². The third-order valence-electron chi connectivity index (χ3n) is 5.46. The predicted octanol–water partition coefficient (Wildman–Crippen LogP) is 4.68. The van der Waals surface area contributed by atoms with Crippen LogP contribution in [0.3, 0.4) is 0 Å².